The van der Waals surface area contributed by atoms with Crippen LogP contribution in [0.3, 0.4) is 0 Å². The highest BCUT2D eigenvalue weighted by Crippen LogP contribution is 2.34. The first-order valence-corrected chi connectivity index (χ1v) is 7.72. The van der Waals surface area contributed by atoms with Crippen molar-refractivity contribution in [1.82, 2.24) is 4.90 Å². The van der Waals surface area contributed by atoms with Crippen LogP contribution in [0.4, 0.5) is 0 Å². The van der Waals surface area contributed by atoms with Gasteiger partial charge in [0.15, 0.2) is 0 Å². The topological polar surface area (TPSA) is 49.5 Å². The Hall–Kier alpha value is -0.120. The van der Waals surface area contributed by atoms with Gasteiger partial charge in [-0.1, -0.05) is 20.3 Å². The van der Waals surface area contributed by atoms with Crippen molar-refractivity contribution < 1.29 is 5.11 Å². The molecule has 0 spiro atoms. The first-order valence-electron chi connectivity index (χ1n) is 7.72. The monoisotopic (exact) mass is 254 g/mol. The van der Waals surface area contributed by atoms with E-state index >= 15 is 0 Å². The molecular weight excluding hydrogens is 224 g/mol. The molecule has 5 atom stereocenters. The number of rotatable bonds is 3. The normalized spacial score (nSPS) is 43.0. The summed E-state index contributed by atoms with van der Waals surface area (Å²) in [5.74, 6) is 2.12. The van der Waals surface area contributed by atoms with Crippen LogP contribution in [-0.2, 0) is 0 Å². The van der Waals surface area contributed by atoms with Crippen molar-refractivity contribution in [3.63, 3.8) is 0 Å². The van der Waals surface area contributed by atoms with Gasteiger partial charge < -0.3 is 10.8 Å². The number of nitrogens with two attached hydrogens (primary N) is 1. The molecule has 0 aromatic rings. The average Bonchev–Trinajstić information content (AvgIpc) is 2.34. The average molecular weight is 254 g/mol. The number of aliphatic hydroxyl groups excluding tert-OH is 1. The molecule has 1 aliphatic heterocycles. The van der Waals surface area contributed by atoms with Gasteiger partial charge in [-0.2, -0.15) is 0 Å². The Morgan fingerprint density at radius 2 is 2.00 bits per heavy atom. The van der Waals surface area contributed by atoms with Gasteiger partial charge in [0.1, 0.15) is 0 Å². The highest BCUT2D eigenvalue weighted by Gasteiger charge is 2.34. The zero-order chi connectivity index (χ0) is 13.1. The van der Waals surface area contributed by atoms with Gasteiger partial charge >= 0.3 is 0 Å². The molecule has 3 heteroatoms. The lowest BCUT2D eigenvalue weighted by Crippen LogP contribution is -2.51. The lowest BCUT2D eigenvalue weighted by atomic mass is 9.72. The summed E-state index contributed by atoms with van der Waals surface area (Å²) in [5, 5.41) is 9.49. The Morgan fingerprint density at radius 1 is 1.22 bits per heavy atom. The molecule has 1 aliphatic carbocycles. The van der Waals surface area contributed by atoms with E-state index in [0.717, 1.165) is 31.3 Å². The third-order valence-electron chi connectivity index (χ3n) is 5.13. The van der Waals surface area contributed by atoms with E-state index in [4.69, 9.17) is 5.73 Å². The predicted octanol–water partition coefficient (Wildman–Crippen LogP) is 1.84. The van der Waals surface area contributed by atoms with Crippen LogP contribution in [0.2, 0.25) is 0 Å². The maximum Gasteiger partial charge on any atom is 0.0586 e. The Kier molecular flexibility index (Phi) is 5.05. The zero-order valence-corrected chi connectivity index (χ0v) is 12.0. The quantitative estimate of drug-likeness (QED) is 0.808. The lowest BCUT2D eigenvalue weighted by Gasteiger charge is -2.43. The Bertz CT molecular complexity index is 247. The molecule has 1 saturated carbocycles. The largest absolute Gasteiger partial charge is 0.395 e. The number of hydrogen-bond acceptors (Lipinski definition) is 3. The summed E-state index contributed by atoms with van der Waals surface area (Å²) in [6.07, 6.45) is 6.19. The van der Waals surface area contributed by atoms with Crippen molar-refractivity contribution in [3.8, 4) is 0 Å². The van der Waals surface area contributed by atoms with E-state index in [1.54, 1.807) is 0 Å². The molecule has 106 valence electrons. The Labute approximate surface area is 112 Å². The summed E-state index contributed by atoms with van der Waals surface area (Å²) in [7, 11) is 0. The van der Waals surface area contributed by atoms with Gasteiger partial charge in [0.25, 0.3) is 0 Å². The van der Waals surface area contributed by atoms with Crippen LogP contribution in [0, 0.1) is 17.8 Å². The van der Waals surface area contributed by atoms with Crippen molar-refractivity contribution in [3.05, 3.63) is 0 Å². The van der Waals surface area contributed by atoms with Crippen molar-refractivity contribution in [1.29, 1.82) is 0 Å². The van der Waals surface area contributed by atoms with Crippen LogP contribution in [0.25, 0.3) is 0 Å². The molecule has 0 bridgehead atoms. The molecule has 0 radical (unpaired) electrons. The second kappa shape index (κ2) is 6.36. The van der Waals surface area contributed by atoms with Crippen LogP contribution >= 0.6 is 0 Å². The van der Waals surface area contributed by atoms with Crippen LogP contribution in [0.1, 0.15) is 46.0 Å². The van der Waals surface area contributed by atoms with Crippen LogP contribution in [-0.4, -0.2) is 41.8 Å². The van der Waals surface area contributed by atoms with Crippen molar-refractivity contribution in [2.75, 3.05) is 19.7 Å². The SMILES string of the molecule is CC1CC(C)C(CN2CCCCC2CO)C(N)C1. The van der Waals surface area contributed by atoms with E-state index in [-0.39, 0.29) is 0 Å². The van der Waals surface area contributed by atoms with E-state index in [2.05, 4.69) is 18.7 Å². The van der Waals surface area contributed by atoms with Gasteiger partial charge in [-0.05, 0) is 50.0 Å². The van der Waals surface area contributed by atoms with Gasteiger partial charge in [-0.25, -0.2) is 0 Å². The summed E-state index contributed by atoms with van der Waals surface area (Å²) in [4.78, 5) is 2.50. The van der Waals surface area contributed by atoms with Crippen LogP contribution < -0.4 is 5.73 Å². The summed E-state index contributed by atoms with van der Waals surface area (Å²) < 4.78 is 0. The highest BCUT2D eigenvalue weighted by atomic mass is 16.3. The molecule has 3 N–H and O–H groups in total. The van der Waals surface area contributed by atoms with Gasteiger partial charge in [-0.15, -0.1) is 0 Å². The number of likely N-dealkylation sites (tertiary alicyclic amines) is 1. The number of nitrogens with zero attached hydrogens (tertiary/aromatic N) is 1. The molecule has 2 rings (SSSR count). The first-order chi connectivity index (χ1) is 8.61. The fraction of sp³-hybridized carbons (Fsp3) is 1.00. The molecule has 2 aliphatic rings. The first kappa shape index (κ1) is 14.3. The maximum atomic E-state index is 9.49. The van der Waals surface area contributed by atoms with Gasteiger partial charge in [-0.3, -0.25) is 4.90 Å². The third-order valence-corrected chi connectivity index (χ3v) is 5.13. The molecule has 3 nitrogen and oxygen atoms in total. The second-order valence-electron chi connectivity index (χ2n) is 6.71. The fourth-order valence-corrected chi connectivity index (χ4v) is 4.06. The van der Waals surface area contributed by atoms with Crippen molar-refractivity contribution in [2.24, 2.45) is 23.5 Å². The van der Waals surface area contributed by atoms with Gasteiger partial charge in [0.2, 0.25) is 0 Å². The summed E-state index contributed by atoms with van der Waals surface area (Å²) in [6, 6.07) is 0.738. The molecule has 5 unspecified atom stereocenters. The summed E-state index contributed by atoms with van der Waals surface area (Å²) >= 11 is 0. The Morgan fingerprint density at radius 3 is 2.67 bits per heavy atom. The van der Waals surface area contributed by atoms with E-state index in [1.807, 2.05) is 0 Å². The van der Waals surface area contributed by atoms with Crippen LogP contribution in [0.5, 0.6) is 0 Å². The maximum absolute atomic E-state index is 9.49. The van der Waals surface area contributed by atoms with Crippen molar-refractivity contribution in [2.45, 2.75) is 58.0 Å². The zero-order valence-electron chi connectivity index (χ0n) is 12.0. The minimum atomic E-state index is 0.312. The highest BCUT2D eigenvalue weighted by molar-refractivity contribution is 4.89. The molecule has 18 heavy (non-hydrogen) atoms. The second-order valence-corrected chi connectivity index (χ2v) is 6.71. The standard InChI is InChI=1S/C15H30N2O/c1-11-7-12(2)14(15(16)8-11)9-17-6-4-3-5-13(17)10-18/h11-15,18H,3-10,16H2,1-2H3. The smallest absolute Gasteiger partial charge is 0.0586 e. The molecule has 0 aromatic heterocycles. The Balaban J connectivity index is 1.94. The number of hydrogen-bond donors (Lipinski definition) is 2. The number of aliphatic hydroxyl groups is 1. The minimum Gasteiger partial charge on any atom is -0.395 e. The number of piperidine rings is 1. The van der Waals surface area contributed by atoms with E-state index in [0.29, 0.717) is 24.6 Å². The molecule has 0 amide bonds. The minimum absolute atomic E-state index is 0.312. The predicted molar refractivity (Wildman–Crippen MR) is 75.3 cm³/mol. The van der Waals surface area contributed by atoms with E-state index < -0.39 is 0 Å². The molecule has 0 aromatic carbocycles. The molecule has 2 fully saturated rings. The lowest BCUT2D eigenvalue weighted by molar-refractivity contribution is 0.0461. The van der Waals surface area contributed by atoms with Gasteiger partial charge in [0.05, 0.1) is 6.61 Å². The summed E-state index contributed by atoms with van der Waals surface area (Å²) in [6.45, 7) is 7.24. The summed E-state index contributed by atoms with van der Waals surface area (Å²) in [5.41, 5.74) is 6.37. The third kappa shape index (κ3) is 3.25. The van der Waals surface area contributed by atoms with E-state index in [9.17, 15) is 5.11 Å². The van der Waals surface area contributed by atoms with Crippen molar-refractivity contribution >= 4 is 0 Å². The molecule has 1 saturated heterocycles. The van der Waals surface area contributed by atoms with Gasteiger partial charge in [0, 0.05) is 18.6 Å². The van der Waals surface area contributed by atoms with E-state index in [1.165, 1.54) is 25.7 Å². The fourth-order valence-electron chi connectivity index (χ4n) is 4.06. The molecule has 1 heterocycles. The van der Waals surface area contributed by atoms with Crippen LogP contribution in [0.15, 0.2) is 0 Å². The molecular formula is C15H30N2O.